The molecule has 0 aliphatic carbocycles. The van der Waals surface area contributed by atoms with E-state index in [-0.39, 0.29) is 36.5 Å². The summed E-state index contributed by atoms with van der Waals surface area (Å²) in [6, 6.07) is 14.1. The number of halogens is 1. The zero-order chi connectivity index (χ0) is 32.1. The Morgan fingerprint density at radius 2 is 2.02 bits per heavy atom. The van der Waals surface area contributed by atoms with Crippen molar-refractivity contribution >= 4 is 16.9 Å². The van der Waals surface area contributed by atoms with Crippen molar-refractivity contribution in [2.75, 3.05) is 6.54 Å². The molecule has 1 saturated heterocycles. The van der Waals surface area contributed by atoms with Crippen molar-refractivity contribution in [3.05, 3.63) is 94.3 Å². The van der Waals surface area contributed by atoms with Crippen LogP contribution in [-0.4, -0.2) is 45.0 Å². The summed E-state index contributed by atoms with van der Waals surface area (Å²) in [5, 5.41) is 4.48. The molecular weight excluding hydrogens is 567 g/mol. The minimum atomic E-state index is -0.409. The highest BCUT2D eigenvalue weighted by atomic mass is 19.1. The number of nitrogens with two attached hydrogens (primary N) is 3. The van der Waals surface area contributed by atoms with E-state index in [1.165, 1.54) is 4.57 Å². The first kappa shape index (κ1) is 32.3. The zero-order valence-electron chi connectivity index (χ0n) is 26.2. The normalized spacial score (nSPS) is 18.6. The van der Waals surface area contributed by atoms with E-state index in [0.29, 0.717) is 34.0 Å². The lowest BCUT2D eigenvalue weighted by molar-refractivity contribution is 0.306. The highest BCUT2D eigenvalue weighted by Crippen LogP contribution is 2.30. The molecule has 0 saturated carbocycles. The van der Waals surface area contributed by atoms with Gasteiger partial charge in [-0.15, -0.1) is 6.58 Å². The number of nitrogens with one attached hydrogen (secondary N) is 2. The first-order chi connectivity index (χ1) is 21.6. The topological polar surface area (TPSA) is 153 Å². The minimum Gasteiger partial charge on any atom is -0.386 e. The molecule has 5 rings (SSSR count). The van der Waals surface area contributed by atoms with Crippen molar-refractivity contribution in [1.29, 1.82) is 0 Å². The Morgan fingerprint density at radius 1 is 1.24 bits per heavy atom. The van der Waals surface area contributed by atoms with E-state index >= 15 is 4.39 Å². The molecule has 0 bridgehead atoms. The van der Waals surface area contributed by atoms with Crippen LogP contribution in [-0.2, 0) is 6.42 Å². The number of hydrogen-bond donors (Lipinski definition) is 5. The highest BCUT2D eigenvalue weighted by Gasteiger charge is 2.24. The van der Waals surface area contributed by atoms with Gasteiger partial charge in [0, 0.05) is 35.3 Å². The molecule has 3 heterocycles. The van der Waals surface area contributed by atoms with Gasteiger partial charge in [-0.05, 0) is 93.3 Å². The van der Waals surface area contributed by atoms with Crippen molar-refractivity contribution in [2.45, 2.75) is 83.0 Å². The number of benzene rings is 2. The van der Waals surface area contributed by atoms with Gasteiger partial charge in [-0.3, -0.25) is 9.56 Å². The molecule has 0 amide bonds. The minimum absolute atomic E-state index is 0.0786. The fourth-order valence-electron chi connectivity index (χ4n) is 6.23. The SMILES string of the molecule is C=C[C@H](C[C@@H]1CCC[C@@H](c2ccc(-n3cc4cc(-c5cc(CCC[C@H](C)N)cc(C)c5F)[nH]c4nc3=O)cc2)N1)N=C(N)CN. The molecule has 10 heteroatoms. The smallest absolute Gasteiger partial charge is 0.354 e. The monoisotopic (exact) mass is 612 g/mol. The van der Waals surface area contributed by atoms with Crippen LogP contribution in [0, 0.1) is 12.7 Å². The summed E-state index contributed by atoms with van der Waals surface area (Å²) in [6.45, 7) is 7.91. The molecule has 238 valence electrons. The number of fused-ring (bicyclic) bond motifs is 1. The third-order valence-corrected chi connectivity index (χ3v) is 8.63. The van der Waals surface area contributed by atoms with Crippen LogP contribution in [0.2, 0.25) is 0 Å². The molecule has 2 aromatic heterocycles. The molecule has 2 aromatic carbocycles. The Morgan fingerprint density at radius 3 is 2.73 bits per heavy atom. The van der Waals surface area contributed by atoms with Crippen LogP contribution < -0.4 is 28.2 Å². The summed E-state index contributed by atoms with van der Waals surface area (Å²) in [5.41, 5.74) is 22.0. The van der Waals surface area contributed by atoms with Gasteiger partial charge in [-0.2, -0.15) is 4.98 Å². The number of nitrogens with zero attached hydrogens (tertiary/aromatic N) is 3. The number of H-pyrrole nitrogens is 1. The quantitative estimate of drug-likeness (QED) is 0.0868. The lowest BCUT2D eigenvalue weighted by Gasteiger charge is -2.32. The van der Waals surface area contributed by atoms with E-state index in [1.54, 1.807) is 13.1 Å². The number of piperidine rings is 1. The maximum atomic E-state index is 15.3. The summed E-state index contributed by atoms with van der Waals surface area (Å²) in [4.78, 5) is 25.0. The number of rotatable bonds is 12. The van der Waals surface area contributed by atoms with E-state index < -0.39 is 5.69 Å². The second-order valence-electron chi connectivity index (χ2n) is 12.3. The second kappa shape index (κ2) is 14.3. The van der Waals surface area contributed by atoms with Crippen LogP contribution in [0.1, 0.15) is 68.2 Å². The second-order valence-corrected chi connectivity index (χ2v) is 12.3. The van der Waals surface area contributed by atoms with Crippen LogP contribution in [0.5, 0.6) is 0 Å². The van der Waals surface area contributed by atoms with E-state index in [4.69, 9.17) is 17.2 Å². The Kier molecular flexibility index (Phi) is 10.3. The van der Waals surface area contributed by atoms with Crippen LogP contribution in [0.3, 0.4) is 0 Å². The first-order valence-corrected chi connectivity index (χ1v) is 15.8. The van der Waals surface area contributed by atoms with Gasteiger partial charge in [0.2, 0.25) is 0 Å². The summed E-state index contributed by atoms with van der Waals surface area (Å²) in [6.07, 6.45) is 10.2. The largest absolute Gasteiger partial charge is 0.386 e. The molecule has 4 aromatic rings. The molecule has 0 spiro atoms. The maximum absolute atomic E-state index is 15.3. The molecule has 8 N–H and O–H groups in total. The summed E-state index contributed by atoms with van der Waals surface area (Å²) < 4.78 is 16.8. The van der Waals surface area contributed by atoms with Gasteiger partial charge >= 0.3 is 5.69 Å². The zero-order valence-corrected chi connectivity index (χ0v) is 26.2. The summed E-state index contributed by atoms with van der Waals surface area (Å²) >= 11 is 0. The van der Waals surface area contributed by atoms with Crippen LogP contribution in [0.15, 0.2) is 71.1 Å². The number of aromatic amines is 1. The molecule has 45 heavy (non-hydrogen) atoms. The van der Waals surface area contributed by atoms with E-state index in [9.17, 15) is 4.79 Å². The number of aromatic nitrogens is 3. The third kappa shape index (κ3) is 7.76. The van der Waals surface area contributed by atoms with Gasteiger partial charge in [-0.25, -0.2) is 9.18 Å². The Balaban J connectivity index is 1.34. The average Bonchev–Trinajstić information content (AvgIpc) is 3.44. The number of amidine groups is 1. The summed E-state index contributed by atoms with van der Waals surface area (Å²) in [5.74, 6) is 0.149. The predicted molar refractivity (Wildman–Crippen MR) is 181 cm³/mol. The number of aliphatic imine (C=N–C) groups is 1. The van der Waals surface area contributed by atoms with Gasteiger partial charge in [0.05, 0.1) is 24.0 Å². The molecule has 4 atom stereocenters. The fourth-order valence-corrected chi connectivity index (χ4v) is 6.23. The van der Waals surface area contributed by atoms with E-state index in [2.05, 4.69) is 39.0 Å². The Labute approximate surface area is 263 Å². The molecule has 1 aliphatic heterocycles. The van der Waals surface area contributed by atoms with E-state index in [0.717, 1.165) is 61.5 Å². The summed E-state index contributed by atoms with van der Waals surface area (Å²) in [7, 11) is 0. The predicted octanol–water partition coefficient (Wildman–Crippen LogP) is 4.94. The van der Waals surface area contributed by atoms with Crippen LogP contribution in [0.25, 0.3) is 28.0 Å². The van der Waals surface area contributed by atoms with Crippen molar-refractivity contribution in [3.63, 3.8) is 0 Å². The van der Waals surface area contributed by atoms with Gasteiger partial charge < -0.3 is 27.5 Å². The van der Waals surface area contributed by atoms with Crippen molar-refractivity contribution in [3.8, 4) is 16.9 Å². The Bertz CT molecular complexity index is 1720. The molecular formula is C35H45FN8O. The highest BCUT2D eigenvalue weighted by molar-refractivity contribution is 5.83. The molecule has 1 fully saturated rings. The maximum Gasteiger partial charge on any atom is 0.354 e. The lowest BCUT2D eigenvalue weighted by Crippen LogP contribution is -2.39. The van der Waals surface area contributed by atoms with Crippen molar-refractivity contribution in [2.24, 2.45) is 22.2 Å². The van der Waals surface area contributed by atoms with E-state index in [1.807, 2.05) is 43.3 Å². The van der Waals surface area contributed by atoms with Gasteiger partial charge in [0.15, 0.2) is 0 Å². The molecule has 1 aliphatic rings. The van der Waals surface area contributed by atoms with Crippen molar-refractivity contribution < 1.29 is 4.39 Å². The van der Waals surface area contributed by atoms with Gasteiger partial charge in [0.1, 0.15) is 17.3 Å². The van der Waals surface area contributed by atoms with Crippen LogP contribution in [0.4, 0.5) is 4.39 Å². The lowest BCUT2D eigenvalue weighted by atomic mass is 9.90. The van der Waals surface area contributed by atoms with Crippen LogP contribution >= 0.6 is 0 Å². The number of hydrogen-bond acceptors (Lipinski definition) is 6. The van der Waals surface area contributed by atoms with Gasteiger partial charge in [-0.1, -0.05) is 30.7 Å². The third-order valence-electron chi connectivity index (χ3n) is 8.63. The fraction of sp³-hybridized carbons (Fsp3) is 0.400. The molecule has 9 nitrogen and oxygen atoms in total. The van der Waals surface area contributed by atoms with Crippen molar-refractivity contribution in [1.82, 2.24) is 19.9 Å². The number of aryl methyl sites for hydroxylation is 2. The first-order valence-electron chi connectivity index (χ1n) is 15.8. The average molecular weight is 613 g/mol. The van der Waals surface area contributed by atoms with Gasteiger partial charge in [0.25, 0.3) is 0 Å². The molecule has 0 unspecified atom stereocenters. The molecule has 0 radical (unpaired) electrons. The Hall–Kier alpha value is -4.12. The standard InChI is InChI=1S/C35H45FN8O/c1-4-26(41-32(39)19-37)18-27-9-6-10-30(40-27)24-11-13-28(14-12-24)44-20-25-17-31(42-34(25)43-35(44)45)29-16-23(8-5-7-22(3)38)15-21(2)33(29)36/h4,11-17,20,22,26-27,30,40H,1,5-10,18-19,37-38H2,2-3H3,(H2,39,41)(H,42,43,45)/t22-,26+,27-,30-/m0/s1.